The minimum atomic E-state index is -0.400. The van der Waals surface area contributed by atoms with Gasteiger partial charge in [0.05, 0.1) is 6.04 Å². The minimum Gasteiger partial charge on any atom is -0.381 e. The maximum atomic E-state index is 11.7. The summed E-state index contributed by atoms with van der Waals surface area (Å²) in [7, 11) is 0. The van der Waals surface area contributed by atoms with Crippen molar-refractivity contribution in [2.75, 3.05) is 33.0 Å². The molecule has 1 rings (SSSR count). The van der Waals surface area contributed by atoms with E-state index in [2.05, 4.69) is 5.32 Å². The highest BCUT2D eigenvalue weighted by molar-refractivity contribution is 5.85. The second kappa shape index (κ2) is 12.2. The second-order valence-electron chi connectivity index (χ2n) is 5.69. The molecular formula is C15H31ClN2O3. The van der Waals surface area contributed by atoms with Crippen LogP contribution in [-0.4, -0.2) is 44.9 Å². The molecule has 1 aliphatic rings. The standard InChI is InChI=1S/C15H30N2O3.ClH/c1-3-12(2)14(16)15(18)17-7-4-8-20-11-13-5-9-19-10-6-13;/h12-14H,3-11,16H2,1-2H3,(H,17,18);1H. The Morgan fingerprint density at radius 3 is 2.71 bits per heavy atom. The molecule has 2 atom stereocenters. The fraction of sp³-hybridized carbons (Fsp3) is 0.933. The van der Waals surface area contributed by atoms with Crippen molar-refractivity contribution in [1.29, 1.82) is 0 Å². The molecule has 0 bridgehead atoms. The van der Waals surface area contributed by atoms with Gasteiger partial charge in [-0.2, -0.15) is 0 Å². The second-order valence-corrected chi connectivity index (χ2v) is 5.69. The summed E-state index contributed by atoms with van der Waals surface area (Å²) in [4.78, 5) is 11.7. The van der Waals surface area contributed by atoms with Crippen LogP contribution in [0, 0.1) is 11.8 Å². The van der Waals surface area contributed by atoms with Crippen molar-refractivity contribution in [3.63, 3.8) is 0 Å². The topological polar surface area (TPSA) is 73.6 Å². The Balaban J connectivity index is 0.00000400. The van der Waals surface area contributed by atoms with E-state index in [1.165, 1.54) is 0 Å². The molecule has 1 fully saturated rings. The van der Waals surface area contributed by atoms with Crippen LogP contribution in [0.25, 0.3) is 0 Å². The molecule has 0 aromatic heterocycles. The molecule has 126 valence electrons. The lowest BCUT2D eigenvalue weighted by atomic mass is 9.99. The Morgan fingerprint density at radius 2 is 2.10 bits per heavy atom. The van der Waals surface area contributed by atoms with E-state index in [1.54, 1.807) is 0 Å². The molecule has 1 heterocycles. The van der Waals surface area contributed by atoms with Gasteiger partial charge >= 0.3 is 0 Å². The lowest BCUT2D eigenvalue weighted by Gasteiger charge is -2.21. The predicted molar refractivity (Wildman–Crippen MR) is 86.7 cm³/mol. The van der Waals surface area contributed by atoms with Crippen LogP contribution in [0.3, 0.4) is 0 Å². The minimum absolute atomic E-state index is 0. The highest BCUT2D eigenvalue weighted by Crippen LogP contribution is 2.14. The lowest BCUT2D eigenvalue weighted by Crippen LogP contribution is -2.45. The quantitative estimate of drug-likeness (QED) is 0.634. The van der Waals surface area contributed by atoms with Gasteiger partial charge in [-0.3, -0.25) is 4.79 Å². The highest BCUT2D eigenvalue weighted by Gasteiger charge is 2.18. The van der Waals surface area contributed by atoms with Crippen molar-refractivity contribution in [1.82, 2.24) is 5.32 Å². The summed E-state index contributed by atoms with van der Waals surface area (Å²) in [5.74, 6) is 0.806. The Labute approximate surface area is 134 Å². The fourth-order valence-corrected chi connectivity index (χ4v) is 2.18. The van der Waals surface area contributed by atoms with Gasteiger partial charge in [0.2, 0.25) is 5.91 Å². The molecule has 0 radical (unpaired) electrons. The zero-order valence-electron chi connectivity index (χ0n) is 13.3. The summed E-state index contributed by atoms with van der Waals surface area (Å²) < 4.78 is 11.0. The average Bonchev–Trinajstić information content (AvgIpc) is 2.49. The number of rotatable bonds is 9. The summed E-state index contributed by atoms with van der Waals surface area (Å²) in [6.45, 7) is 7.90. The van der Waals surface area contributed by atoms with Crippen LogP contribution < -0.4 is 11.1 Å². The zero-order chi connectivity index (χ0) is 14.8. The average molecular weight is 323 g/mol. The maximum Gasteiger partial charge on any atom is 0.237 e. The number of hydrogen-bond acceptors (Lipinski definition) is 4. The van der Waals surface area contributed by atoms with Gasteiger partial charge in [0.1, 0.15) is 0 Å². The SMILES string of the molecule is CCC(C)C(N)C(=O)NCCCOCC1CCOCC1.Cl. The van der Waals surface area contributed by atoms with Crippen molar-refractivity contribution >= 4 is 18.3 Å². The van der Waals surface area contributed by atoms with E-state index >= 15 is 0 Å². The Bertz CT molecular complexity index is 274. The van der Waals surface area contributed by atoms with Crippen LogP contribution in [0.1, 0.15) is 39.5 Å². The summed E-state index contributed by atoms with van der Waals surface area (Å²) in [6.07, 6.45) is 3.95. The van der Waals surface area contributed by atoms with Crippen molar-refractivity contribution < 1.29 is 14.3 Å². The number of ether oxygens (including phenoxy) is 2. The van der Waals surface area contributed by atoms with E-state index in [0.717, 1.165) is 45.5 Å². The molecule has 21 heavy (non-hydrogen) atoms. The van der Waals surface area contributed by atoms with Gasteiger partial charge < -0.3 is 20.5 Å². The first-order valence-electron chi connectivity index (χ1n) is 7.84. The van der Waals surface area contributed by atoms with Crippen LogP contribution in [0.4, 0.5) is 0 Å². The third-order valence-corrected chi connectivity index (χ3v) is 4.02. The van der Waals surface area contributed by atoms with E-state index in [4.69, 9.17) is 15.2 Å². The normalized spacial score (nSPS) is 18.6. The third kappa shape index (κ3) is 8.61. The molecule has 5 nitrogen and oxygen atoms in total. The summed E-state index contributed by atoms with van der Waals surface area (Å²) in [6, 6.07) is -0.400. The molecule has 3 N–H and O–H groups in total. The van der Waals surface area contributed by atoms with Gasteiger partial charge in [-0.1, -0.05) is 20.3 Å². The maximum absolute atomic E-state index is 11.7. The molecular weight excluding hydrogens is 292 g/mol. The van der Waals surface area contributed by atoms with Gasteiger partial charge in [0.25, 0.3) is 0 Å². The molecule has 6 heteroatoms. The predicted octanol–water partition coefficient (Wildman–Crippen LogP) is 1.73. The van der Waals surface area contributed by atoms with Crippen molar-refractivity contribution in [2.45, 2.75) is 45.6 Å². The van der Waals surface area contributed by atoms with Crippen molar-refractivity contribution in [2.24, 2.45) is 17.6 Å². The first kappa shape index (κ1) is 20.6. The number of nitrogens with two attached hydrogens (primary N) is 1. The molecule has 1 saturated heterocycles. The monoisotopic (exact) mass is 322 g/mol. The number of amides is 1. The van der Waals surface area contributed by atoms with E-state index in [-0.39, 0.29) is 24.2 Å². The van der Waals surface area contributed by atoms with Gasteiger partial charge in [-0.15, -0.1) is 12.4 Å². The van der Waals surface area contributed by atoms with Gasteiger partial charge in [0, 0.05) is 33.0 Å². The molecule has 1 aliphatic heterocycles. The molecule has 0 saturated carbocycles. The van der Waals surface area contributed by atoms with Gasteiger partial charge in [-0.25, -0.2) is 0 Å². The van der Waals surface area contributed by atoms with Crippen LogP contribution in [0.2, 0.25) is 0 Å². The number of carbonyl (C=O) groups excluding carboxylic acids is 1. The Morgan fingerprint density at radius 1 is 1.43 bits per heavy atom. The number of nitrogens with one attached hydrogen (secondary N) is 1. The Kier molecular flexibility index (Phi) is 12.0. The van der Waals surface area contributed by atoms with Crippen LogP contribution in [-0.2, 0) is 14.3 Å². The number of halogens is 1. The summed E-state index contributed by atoms with van der Waals surface area (Å²) >= 11 is 0. The van der Waals surface area contributed by atoms with Crippen LogP contribution in [0.15, 0.2) is 0 Å². The molecule has 1 amide bonds. The molecule has 2 unspecified atom stereocenters. The lowest BCUT2D eigenvalue weighted by molar-refractivity contribution is -0.123. The summed E-state index contributed by atoms with van der Waals surface area (Å²) in [5.41, 5.74) is 5.85. The third-order valence-electron chi connectivity index (χ3n) is 4.02. The van der Waals surface area contributed by atoms with Crippen LogP contribution in [0.5, 0.6) is 0 Å². The smallest absolute Gasteiger partial charge is 0.237 e. The largest absolute Gasteiger partial charge is 0.381 e. The molecule has 0 spiro atoms. The number of hydrogen-bond donors (Lipinski definition) is 2. The molecule has 0 aromatic carbocycles. The van der Waals surface area contributed by atoms with E-state index in [9.17, 15) is 4.79 Å². The highest BCUT2D eigenvalue weighted by atomic mass is 35.5. The van der Waals surface area contributed by atoms with Gasteiger partial charge in [0.15, 0.2) is 0 Å². The van der Waals surface area contributed by atoms with Crippen molar-refractivity contribution in [3.05, 3.63) is 0 Å². The van der Waals surface area contributed by atoms with E-state index in [0.29, 0.717) is 19.1 Å². The molecule has 0 aromatic rings. The van der Waals surface area contributed by atoms with Crippen LogP contribution >= 0.6 is 12.4 Å². The van der Waals surface area contributed by atoms with Gasteiger partial charge in [-0.05, 0) is 31.1 Å². The van der Waals surface area contributed by atoms with E-state index in [1.807, 2.05) is 13.8 Å². The van der Waals surface area contributed by atoms with Crippen molar-refractivity contribution in [3.8, 4) is 0 Å². The zero-order valence-corrected chi connectivity index (χ0v) is 14.1. The molecule has 0 aliphatic carbocycles. The van der Waals surface area contributed by atoms with E-state index < -0.39 is 6.04 Å². The fourth-order valence-electron chi connectivity index (χ4n) is 2.18. The first-order chi connectivity index (χ1) is 9.65. The Hall–Kier alpha value is -0.360. The first-order valence-corrected chi connectivity index (χ1v) is 7.84. The summed E-state index contributed by atoms with van der Waals surface area (Å²) in [5, 5.41) is 2.87. The number of carbonyl (C=O) groups is 1.